The Morgan fingerprint density at radius 2 is 1.52 bits per heavy atom. The fourth-order valence-corrected chi connectivity index (χ4v) is 7.41. The first-order valence-electron chi connectivity index (χ1n) is 17.4. The Kier molecular flexibility index (Phi) is 17.0. The molecule has 2 aromatic carbocycles. The van der Waals surface area contributed by atoms with E-state index in [1.165, 1.54) is 38.0 Å². The highest BCUT2D eigenvalue weighted by atomic mass is 35.5. The van der Waals surface area contributed by atoms with Crippen molar-refractivity contribution in [1.29, 1.82) is 0 Å². The lowest BCUT2D eigenvalue weighted by Crippen LogP contribution is -2.36. The van der Waals surface area contributed by atoms with Gasteiger partial charge in [0.1, 0.15) is 17.1 Å². The Hall–Kier alpha value is -6.62. The number of carboxylic acid groups (broad SMARTS) is 1. The molecule has 66 heavy (non-hydrogen) atoms. The van der Waals surface area contributed by atoms with Crippen LogP contribution in [0.15, 0.2) is 76.8 Å². The summed E-state index contributed by atoms with van der Waals surface area (Å²) >= 11 is 17.8. The third-order valence-corrected chi connectivity index (χ3v) is 10.5. The second kappa shape index (κ2) is 21.6. The number of fused-ring (bicyclic) bond motifs is 1. The zero-order valence-electron chi connectivity index (χ0n) is 33.6. The number of hydrogen-bond acceptors (Lipinski definition) is 15. The summed E-state index contributed by atoms with van der Waals surface area (Å²) < 4.78 is 131. The number of pyridine rings is 2. The normalized spacial score (nSPS) is 11.4. The quantitative estimate of drug-likeness (QED) is 0.0995. The number of amides is 2. The summed E-state index contributed by atoms with van der Waals surface area (Å²) in [6.45, 7) is -2.24. The molecule has 0 aliphatic rings. The Morgan fingerprint density at radius 3 is 2.08 bits per heavy atom. The number of benzene rings is 2. The molecule has 0 atom stereocenters. The van der Waals surface area contributed by atoms with E-state index in [9.17, 15) is 53.2 Å². The van der Waals surface area contributed by atoms with E-state index in [4.69, 9.17) is 54.1 Å². The Labute approximate surface area is 383 Å². The molecule has 31 heteroatoms. The SMILES string of the molecule is COc1cc(OC)nc(NC(=O)NS(=O)(=O)c2ncccc2C(F)(F)F)n1.Cc1nn(-c2cc(NS(C)(=O)=O)c(Cl)cc2Cl)c(=O)n1C(F)F.O=C(O)COc1ccc(Cl)c2cccnc12. The number of rotatable bonds is 12. The molecule has 6 aromatic rings. The summed E-state index contributed by atoms with van der Waals surface area (Å²) in [5.74, 6) is -1.26. The third kappa shape index (κ3) is 13.7. The number of carbonyl (C=O) groups excluding carboxylic acids is 1. The molecule has 0 radical (unpaired) electrons. The molecule has 4 N–H and O–H groups in total. The zero-order valence-corrected chi connectivity index (χ0v) is 37.5. The van der Waals surface area contributed by atoms with Crippen LogP contribution in [0.3, 0.4) is 0 Å². The van der Waals surface area contributed by atoms with Crippen LogP contribution < -0.4 is 34.7 Å². The van der Waals surface area contributed by atoms with Crippen LogP contribution in [-0.4, -0.2) is 95.3 Å². The molecule has 0 aliphatic carbocycles. The van der Waals surface area contributed by atoms with Crippen molar-refractivity contribution in [2.45, 2.75) is 24.7 Å². The molecule has 0 fully saturated rings. The van der Waals surface area contributed by atoms with E-state index < -0.39 is 73.6 Å². The van der Waals surface area contributed by atoms with Crippen molar-refractivity contribution in [3.63, 3.8) is 0 Å². The van der Waals surface area contributed by atoms with Gasteiger partial charge in [-0.05, 0) is 55.5 Å². The predicted molar refractivity (Wildman–Crippen MR) is 226 cm³/mol. The van der Waals surface area contributed by atoms with Crippen LogP contribution in [0.1, 0.15) is 17.9 Å². The maximum atomic E-state index is 12.9. The number of ether oxygens (including phenoxy) is 3. The molecule has 0 unspecified atom stereocenters. The van der Waals surface area contributed by atoms with Gasteiger partial charge in [0.2, 0.25) is 27.7 Å². The number of nitrogens with one attached hydrogen (secondary N) is 3. The number of carbonyl (C=O) groups is 2. The van der Waals surface area contributed by atoms with Crippen molar-refractivity contribution in [1.82, 2.24) is 39.0 Å². The average molecular weight is 1030 g/mol. The lowest BCUT2D eigenvalue weighted by molar-refractivity contribution is -0.140. The number of halogens is 8. The van der Waals surface area contributed by atoms with Gasteiger partial charge in [-0.25, -0.2) is 37.1 Å². The van der Waals surface area contributed by atoms with Crippen molar-refractivity contribution in [3.05, 3.63) is 104 Å². The van der Waals surface area contributed by atoms with Gasteiger partial charge in [0.25, 0.3) is 10.0 Å². The van der Waals surface area contributed by atoms with E-state index in [2.05, 4.69) is 29.8 Å². The smallest absolute Gasteiger partial charge is 0.419 e. The number of aryl methyl sites for hydroxylation is 1. The molecule has 0 bridgehead atoms. The van der Waals surface area contributed by atoms with Gasteiger partial charge in [-0.1, -0.05) is 34.8 Å². The van der Waals surface area contributed by atoms with E-state index in [0.717, 1.165) is 30.0 Å². The highest BCUT2D eigenvalue weighted by Crippen LogP contribution is 2.34. The van der Waals surface area contributed by atoms with Gasteiger partial charge in [-0.15, -0.1) is 5.10 Å². The lowest BCUT2D eigenvalue weighted by Gasteiger charge is -2.13. The van der Waals surface area contributed by atoms with E-state index in [-0.39, 0.29) is 43.6 Å². The van der Waals surface area contributed by atoms with E-state index in [1.807, 2.05) is 5.32 Å². The minimum atomic E-state index is -4.99. The molecule has 2 amide bonds. The monoisotopic (exact) mass is 1030 g/mol. The molecule has 0 saturated carbocycles. The largest absolute Gasteiger partial charge is 0.481 e. The first kappa shape index (κ1) is 52.0. The molecule has 0 spiro atoms. The van der Waals surface area contributed by atoms with Gasteiger partial charge in [0.05, 0.1) is 58.5 Å². The highest BCUT2D eigenvalue weighted by molar-refractivity contribution is 7.92. The molecule has 4 heterocycles. The molecule has 0 saturated heterocycles. The van der Waals surface area contributed by atoms with Crippen LogP contribution in [-0.2, 0) is 31.0 Å². The molecule has 0 aliphatic heterocycles. The van der Waals surface area contributed by atoms with Crippen LogP contribution in [0, 0.1) is 6.92 Å². The van der Waals surface area contributed by atoms with Gasteiger partial charge >= 0.3 is 30.4 Å². The first-order valence-corrected chi connectivity index (χ1v) is 21.9. The number of aliphatic carboxylic acids is 1. The number of nitrogens with zero attached hydrogens (tertiary/aromatic N) is 7. The van der Waals surface area contributed by atoms with Gasteiger partial charge in [0.15, 0.2) is 11.6 Å². The topological polar surface area (TPSA) is 278 Å². The highest BCUT2D eigenvalue weighted by Gasteiger charge is 2.38. The number of alkyl halides is 5. The van der Waals surface area contributed by atoms with Gasteiger partial charge in [-0.3, -0.25) is 15.0 Å². The molecule has 6 rings (SSSR count). The standard InChI is InChI=1S/C13H12F3N5O5S.C11H10Cl2F2N4O3S.C11H8ClNO3/c1-25-8-6-9(26-2)19-11(18-8)20-12(22)21-27(23,24)10-7(13(14,15)16)4-3-5-17-10;1-5-16-19(11(20)18(5)10(14)15)9-4-8(17-23(2,21)22)6(12)3-7(9)13;12-8-3-4-9(16-6-10(14)15)11-7(8)2-1-5-13-11/h3-6H,1-2H3,(H2,18,19,20,21,22);3-4,10,17H,1-2H3;1-5H,6H2,(H,14,15). The summed E-state index contributed by atoms with van der Waals surface area (Å²) in [6.07, 6.45) is -1.64. The van der Waals surface area contributed by atoms with Crippen molar-refractivity contribution in [3.8, 4) is 23.2 Å². The van der Waals surface area contributed by atoms with Crippen LogP contribution in [0.4, 0.5) is 38.4 Å². The number of hydrogen-bond donors (Lipinski definition) is 4. The molecular formula is C35H30Cl3F5N10O11S2. The van der Waals surface area contributed by atoms with Gasteiger partial charge < -0.3 is 19.3 Å². The van der Waals surface area contributed by atoms with Crippen molar-refractivity contribution in [2.75, 3.05) is 37.1 Å². The van der Waals surface area contributed by atoms with E-state index in [0.29, 0.717) is 27.0 Å². The fraction of sp³-hybridized carbons (Fsp3) is 0.200. The summed E-state index contributed by atoms with van der Waals surface area (Å²) in [5.41, 5.74) is -2.23. The van der Waals surface area contributed by atoms with E-state index in [1.54, 1.807) is 30.5 Å². The molecule has 4 aromatic heterocycles. The van der Waals surface area contributed by atoms with E-state index >= 15 is 0 Å². The van der Waals surface area contributed by atoms with Crippen LogP contribution in [0.2, 0.25) is 15.1 Å². The average Bonchev–Trinajstić information content (AvgIpc) is 3.53. The van der Waals surface area contributed by atoms with Gasteiger partial charge in [0, 0.05) is 17.8 Å². The number of carboxylic acids is 1. The molecule has 354 valence electrons. The van der Waals surface area contributed by atoms with Crippen LogP contribution >= 0.6 is 34.8 Å². The number of sulfonamides is 2. The predicted octanol–water partition coefficient (Wildman–Crippen LogP) is 6.19. The summed E-state index contributed by atoms with van der Waals surface area (Å²) in [7, 11) is -6.04. The number of methoxy groups -OCH3 is 2. The Bertz CT molecular complexity index is 3030. The molecule has 21 nitrogen and oxygen atoms in total. The summed E-state index contributed by atoms with van der Waals surface area (Å²) in [5, 5.41) is 14.1. The van der Waals surface area contributed by atoms with Crippen LogP contribution in [0.5, 0.6) is 17.5 Å². The lowest BCUT2D eigenvalue weighted by atomic mass is 10.2. The Morgan fingerprint density at radius 1 is 0.894 bits per heavy atom. The minimum absolute atomic E-state index is 0.0101. The first-order chi connectivity index (χ1) is 30.8. The van der Waals surface area contributed by atoms with Crippen molar-refractivity contribution >= 4 is 89.4 Å². The summed E-state index contributed by atoms with van der Waals surface area (Å²) in [6, 6.07) is 10.4. The Balaban J connectivity index is 0.000000223. The maximum absolute atomic E-state index is 12.9. The van der Waals surface area contributed by atoms with Crippen molar-refractivity contribution in [2.24, 2.45) is 0 Å². The van der Waals surface area contributed by atoms with Gasteiger partial charge in [-0.2, -0.15) is 45.0 Å². The number of anilines is 2. The number of aromatic nitrogens is 7. The maximum Gasteiger partial charge on any atom is 0.419 e. The minimum Gasteiger partial charge on any atom is -0.481 e. The zero-order chi connectivity index (χ0) is 49.3. The third-order valence-electron chi connectivity index (χ3n) is 7.65. The number of urea groups is 1. The van der Waals surface area contributed by atoms with Crippen LogP contribution in [0.25, 0.3) is 16.6 Å². The second-order valence-electron chi connectivity index (χ2n) is 12.4. The van der Waals surface area contributed by atoms with Crippen molar-refractivity contribution < 1.29 is 67.7 Å². The molecular weight excluding hydrogens is 1000 g/mol. The fourth-order valence-electron chi connectivity index (χ4n) is 4.99. The summed E-state index contributed by atoms with van der Waals surface area (Å²) in [4.78, 5) is 49.1. The second-order valence-corrected chi connectivity index (χ2v) is 16.9.